The van der Waals surface area contributed by atoms with Crippen molar-refractivity contribution in [2.75, 3.05) is 12.3 Å². The molecule has 0 aromatic carbocycles. The Morgan fingerprint density at radius 2 is 1.52 bits per heavy atom. The Labute approximate surface area is 145 Å². The van der Waals surface area contributed by atoms with Crippen molar-refractivity contribution in [3.05, 3.63) is 18.5 Å². The molecule has 0 aliphatic carbocycles. The van der Waals surface area contributed by atoms with Crippen molar-refractivity contribution in [2.24, 2.45) is 0 Å². The first-order valence-electron chi connectivity index (χ1n) is 8.99. The average molecular weight is 338 g/mol. The van der Waals surface area contributed by atoms with E-state index in [-0.39, 0.29) is 5.91 Å². The fraction of sp³-hybridized carbons (Fsp3) is 0.722. The molecule has 1 aromatic heterocycles. The monoisotopic (exact) mass is 337 g/mol. The maximum atomic E-state index is 11.7. The molecule has 1 amide bonds. The first-order valence-corrected chi connectivity index (χ1v) is 9.98. The van der Waals surface area contributed by atoms with Crippen LogP contribution in [0.15, 0.2) is 23.6 Å². The number of nitrogens with one attached hydrogen (secondary N) is 1. The molecule has 1 N–H and O–H groups in total. The molecule has 0 radical (unpaired) electrons. The van der Waals surface area contributed by atoms with Gasteiger partial charge in [-0.15, -0.1) is 0 Å². The molecule has 4 nitrogen and oxygen atoms in total. The number of hydrogen-bond acceptors (Lipinski definition) is 4. The number of hydrogen-bond donors (Lipinski definition) is 1. The van der Waals surface area contributed by atoms with Crippen LogP contribution in [0, 0.1) is 0 Å². The molecule has 1 heterocycles. The van der Waals surface area contributed by atoms with Gasteiger partial charge in [0.25, 0.3) is 0 Å². The van der Waals surface area contributed by atoms with Crippen LogP contribution in [0.3, 0.4) is 0 Å². The lowest BCUT2D eigenvalue weighted by Gasteiger charge is -2.05. The van der Waals surface area contributed by atoms with Crippen molar-refractivity contribution in [3.63, 3.8) is 0 Å². The summed E-state index contributed by atoms with van der Waals surface area (Å²) < 4.78 is 0. The molecule has 1 rings (SSSR count). The number of carbonyl (C=O) groups excluding carboxylic acids is 1. The summed E-state index contributed by atoms with van der Waals surface area (Å²) in [6.45, 7) is 3.04. The molecule has 0 spiro atoms. The highest BCUT2D eigenvalue weighted by molar-refractivity contribution is 7.99. The van der Waals surface area contributed by atoms with E-state index < -0.39 is 0 Å². The summed E-state index contributed by atoms with van der Waals surface area (Å²) in [5.74, 6) is 0.459. The zero-order chi connectivity index (χ0) is 16.6. The Balaban J connectivity index is 1.84. The molecule has 1 aromatic rings. The maximum Gasteiger partial charge on any atom is 0.230 e. The average Bonchev–Trinajstić information content (AvgIpc) is 2.59. The molecule has 0 bridgehead atoms. The molecule has 0 aliphatic rings. The van der Waals surface area contributed by atoms with Crippen LogP contribution in [0.1, 0.15) is 71.1 Å². The normalized spacial score (nSPS) is 10.7. The molecule has 0 saturated heterocycles. The Bertz CT molecular complexity index is 401. The Morgan fingerprint density at radius 1 is 0.957 bits per heavy atom. The third-order valence-electron chi connectivity index (χ3n) is 3.73. The molecule has 130 valence electrons. The number of rotatable bonds is 14. The molecular weight excluding hydrogens is 306 g/mol. The number of thioether (sulfide) groups is 1. The van der Waals surface area contributed by atoms with Gasteiger partial charge >= 0.3 is 0 Å². The van der Waals surface area contributed by atoms with Crippen LogP contribution in [-0.2, 0) is 4.79 Å². The van der Waals surface area contributed by atoms with Crippen molar-refractivity contribution in [1.82, 2.24) is 15.3 Å². The highest BCUT2D eigenvalue weighted by Crippen LogP contribution is 2.11. The van der Waals surface area contributed by atoms with Crippen LogP contribution in [0.5, 0.6) is 0 Å². The molecular formula is C18H31N3OS. The van der Waals surface area contributed by atoms with Crippen LogP contribution >= 0.6 is 11.8 Å². The van der Waals surface area contributed by atoms with Crippen LogP contribution < -0.4 is 5.32 Å². The Morgan fingerprint density at radius 3 is 2.13 bits per heavy atom. The van der Waals surface area contributed by atoms with Crippen LogP contribution in [0.4, 0.5) is 0 Å². The van der Waals surface area contributed by atoms with Gasteiger partial charge in [-0.05, 0) is 12.5 Å². The number of aromatic nitrogens is 2. The SMILES string of the molecule is CCCCCCCCCCCCNC(=O)CSc1ncccn1. The standard InChI is InChI=1S/C18H31N3OS/c1-2-3-4-5-6-7-8-9-10-11-13-19-17(22)16-23-18-20-14-12-15-21-18/h12,14-15H,2-11,13,16H2,1H3,(H,19,22). The number of unbranched alkanes of at least 4 members (excludes halogenated alkanes) is 9. The number of amides is 1. The van der Waals surface area contributed by atoms with Crippen LogP contribution in [0.25, 0.3) is 0 Å². The van der Waals surface area contributed by atoms with Gasteiger partial charge in [0.05, 0.1) is 5.75 Å². The smallest absolute Gasteiger partial charge is 0.230 e. The molecule has 0 aliphatic heterocycles. The number of nitrogens with zero attached hydrogens (tertiary/aromatic N) is 2. The van der Waals surface area contributed by atoms with Crippen molar-refractivity contribution in [3.8, 4) is 0 Å². The lowest BCUT2D eigenvalue weighted by molar-refractivity contribution is -0.118. The first-order chi connectivity index (χ1) is 11.3. The van der Waals surface area contributed by atoms with Gasteiger partial charge in [-0.3, -0.25) is 4.79 Å². The molecule has 23 heavy (non-hydrogen) atoms. The molecule has 0 fully saturated rings. The topological polar surface area (TPSA) is 54.9 Å². The van der Waals surface area contributed by atoms with Crippen molar-refractivity contribution in [1.29, 1.82) is 0 Å². The predicted molar refractivity (Wildman–Crippen MR) is 97.6 cm³/mol. The van der Waals surface area contributed by atoms with E-state index in [0.29, 0.717) is 10.9 Å². The summed E-state index contributed by atoms with van der Waals surface area (Å²) in [4.78, 5) is 19.9. The largest absolute Gasteiger partial charge is 0.355 e. The molecule has 0 saturated carbocycles. The summed E-state index contributed by atoms with van der Waals surface area (Å²) in [6, 6.07) is 1.77. The van der Waals surface area contributed by atoms with E-state index in [4.69, 9.17) is 0 Å². The van der Waals surface area contributed by atoms with Gasteiger partial charge in [-0.1, -0.05) is 76.5 Å². The minimum atomic E-state index is 0.0679. The van der Waals surface area contributed by atoms with E-state index in [1.807, 2.05) is 0 Å². The van der Waals surface area contributed by atoms with Gasteiger partial charge < -0.3 is 5.32 Å². The van der Waals surface area contributed by atoms with Crippen LogP contribution in [0.2, 0.25) is 0 Å². The van der Waals surface area contributed by atoms with Gasteiger partial charge in [0.2, 0.25) is 5.91 Å². The zero-order valence-electron chi connectivity index (χ0n) is 14.4. The molecule has 0 atom stereocenters. The van der Waals surface area contributed by atoms with E-state index in [1.54, 1.807) is 18.5 Å². The molecule has 0 unspecified atom stereocenters. The molecule has 5 heteroatoms. The summed E-state index contributed by atoms with van der Waals surface area (Å²) in [5.41, 5.74) is 0. The first kappa shape index (κ1) is 19.9. The van der Waals surface area contributed by atoms with Crippen molar-refractivity contribution in [2.45, 2.75) is 76.3 Å². The Kier molecular flexibility index (Phi) is 12.6. The third-order valence-corrected chi connectivity index (χ3v) is 4.60. The quantitative estimate of drug-likeness (QED) is 0.306. The summed E-state index contributed by atoms with van der Waals surface area (Å²) >= 11 is 1.38. The van der Waals surface area contributed by atoms with Gasteiger partial charge in [0.15, 0.2) is 5.16 Å². The van der Waals surface area contributed by atoms with Crippen LogP contribution in [-0.4, -0.2) is 28.2 Å². The highest BCUT2D eigenvalue weighted by atomic mass is 32.2. The van der Waals surface area contributed by atoms with Gasteiger partial charge in [0, 0.05) is 18.9 Å². The minimum absolute atomic E-state index is 0.0679. The van der Waals surface area contributed by atoms with E-state index in [9.17, 15) is 4.79 Å². The Hall–Kier alpha value is -1.10. The summed E-state index contributed by atoms with van der Waals surface area (Å²) in [5, 5.41) is 3.62. The van der Waals surface area contributed by atoms with Crippen molar-refractivity contribution < 1.29 is 4.79 Å². The van der Waals surface area contributed by atoms with E-state index in [2.05, 4.69) is 22.2 Å². The second kappa shape index (κ2) is 14.5. The second-order valence-electron chi connectivity index (χ2n) is 5.85. The minimum Gasteiger partial charge on any atom is -0.355 e. The van der Waals surface area contributed by atoms with E-state index >= 15 is 0 Å². The number of carbonyl (C=O) groups is 1. The van der Waals surface area contributed by atoms with Gasteiger partial charge in [-0.25, -0.2) is 9.97 Å². The van der Waals surface area contributed by atoms with E-state index in [0.717, 1.165) is 13.0 Å². The second-order valence-corrected chi connectivity index (χ2v) is 6.79. The maximum absolute atomic E-state index is 11.7. The van der Waals surface area contributed by atoms with Gasteiger partial charge in [0.1, 0.15) is 0 Å². The van der Waals surface area contributed by atoms with Gasteiger partial charge in [-0.2, -0.15) is 0 Å². The highest BCUT2D eigenvalue weighted by Gasteiger charge is 2.03. The predicted octanol–water partition coefficient (Wildman–Crippen LogP) is 4.61. The lowest BCUT2D eigenvalue weighted by Crippen LogP contribution is -2.26. The summed E-state index contributed by atoms with van der Waals surface area (Å²) in [6.07, 6.45) is 16.5. The fourth-order valence-corrected chi connectivity index (χ4v) is 3.01. The summed E-state index contributed by atoms with van der Waals surface area (Å²) in [7, 11) is 0. The fourth-order valence-electron chi connectivity index (χ4n) is 2.38. The zero-order valence-corrected chi connectivity index (χ0v) is 15.2. The third kappa shape index (κ3) is 12.0. The van der Waals surface area contributed by atoms with E-state index in [1.165, 1.54) is 69.5 Å². The lowest BCUT2D eigenvalue weighted by atomic mass is 10.1. The van der Waals surface area contributed by atoms with Crippen molar-refractivity contribution >= 4 is 17.7 Å².